The number of nitrogens with one attached hydrogen (secondary N) is 1. The number of carbonyl (C=O) groups excluding carboxylic acids is 1. The van der Waals surface area contributed by atoms with Crippen LogP contribution in [-0.4, -0.2) is 26.4 Å². The van der Waals surface area contributed by atoms with E-state index in [4.69, 9.17) is 16.3 Å². The van der Waals surface area contributed by atoms with E-state index in [0.29, 0.717) is 19.1 Å². The van der Waals surface area contributed by atoms with Crippen molar-refractivity contribution >= 4 is 17.7 Å². The maximum absolute atomic E-state index is 13.4. The summed E-state index contributed by atoms with van der Waals surface area (Å²) in [5.41, 5.74) is 0.863. The molecule has 0 fully saturated rings. The van der Waals surface area contributed by atoms with E-state index in [0.717, 1.165) is 31.2 Å². The fourth-order valence-corrected chi connectivity index (χ4v) is 2.83. The molecule has 1 amide bonds. The molecule has 0 bridgehead atoms. The average Bonchev–Trinajstić information content (AvgIpc) is 2.59. The van der Waals surface area contributed by atoms with Gasteiger partial charge in [-0.25, -0.2) is 9.18 Å². The molecule has 2 atom stereocenters. The molecule has 136 valence electrons. The van der Waals surface area contributed by atoms with Gasteiger partial charge in [-0.05, 0) is 30.0 Å². The monoisotopic (exact) mass is 359 g/mol. The highest BCUT2D eigenvalue weighted by Crippen LogP contribution is 2.34. The van der Waals surface area contributed by atoms with Crippen LogP contribution in [-0.2, 0) is 9.47 Å². The van der Waals surface area contributed by atoms with Crippen LogP contribution in [0.1, 0.15) is 51.2 Å². The first kappa shape index (κ1) is 20.7. The Hall–Kier alpha value is -1.33. The second kappa shape index (κ2) is 11.3. The predicted octanol–water partition coefficient (Wildman–Crippen LogP) is 5.11. The Morgan fingerprint density at radius 1 is 1.38 bits per heavy atom. The third-order valence-electron chi connectivity index (χ3n) is 4.01. The standard InChI is InChI=1S/C18H27ClFNO3/c1-4-6-7-13(5-2)17(24-11-10-21-18(22)23-3)14-8-9-16(20)15(19)12-14/h8-9,12-13,17H,4-7,10-11H2,1-3H3,(H,21,22)/t13-,17+/m0/s1. The summed E-state index contributed by atoms with van der Waals surface area (Å²) in [5.74, 6) is -0.127. The highest BCUT2D eigenvalue weighted by atomic mass is 35.5. The summed E-state index contributed by atoms with van der Waals surface area (Å²) in [5, 5.41) is 2.68. The van der Waals surface area contributed by atoms with E-state index >= 15 is 0 Å². The Kier molecular flexibility index (Phi) is 9.72. The van der Waals surface area contributed by atoms with Crippen molar-refractivity contribution in [3.05, 3.63) is 34.6 Å². The summed E-state index contributed by atoms with van der Waals surface area (Å²) >= 11 is 5.93. The first-order chi connectivity index (χ1) is 11.5. The Labute approximate surface area is 148 Å². The number of hydrogen-bond acceptors (Lipinski definition) is 3. The molecule has 0 heterocycles. The number of methoxy groups -OCH3 is 1. The van der Waals surface area contributed by atoms with Crippen LogP contribution in [0.25, 0.3) is 0 Å². The van der Waals surface area contributed by atoms with Crippen LogP contribution in [0.15, 0.2) is 18.2 Å². The van der Waals surface area contributed by atoms with Gasteiger partial charge >= 0.3 is 6.09 Å². The molecule has 0 aliphatic rings. The molecule has 0 aromatic heterocycles. The number of benzene rings is 1. The molecule has 6 heteroatoms. The predicted molar refractivity (Wildman–Crippen MR) is 93.8 cm³/mol. The van der Waals surface area contributed by atoms with Crippen LogP contribution in [0.2, 0.25) is 5.02 Å². The van der Waals surface area contributed by atoms with Crippen molar-refractivity contribution in [3.8, 4) is 0 Å². The zero-order valence-corrected chi connectivity index (χ0v) is 15.4. The number of halogens is 2. The van der Waals surface area contributed by atoms with Gasteiger partial charge in [0.05, 0.1) is 24.8 Å². The SMILES string of the molecule is CCCC[C@H](CC)[C@@H](OCCNC(=O)OC)c1ccc(F)c(Cl)c1. The number of carbonyl (C=O) groups is 1. The second-order valence-electron chi connectivity index (χ2n) is 5.69. The summed E-state index contributed by atoms with van der Waals surface area (Å²) < 4.78 is 24.0. The number of alkyl carbamates (subject to hydrolysis) is 1. The van der Waals surface area contributed by atoms with Crippen LogP contribution in [0, 0.1) is 11.7 Å². The third kappa shape index (κ3) is 6.65. The summed E-state index contributed by atoms with van der Waals surface area (Å²) in [6, 6.07) is 4.71. The zero-order chi connectivity index (χ0) is 17.9. The van der Waals surface area contributed by atoms with Crippen molar-refractivity contribution in [1.29, 1.82) is 0 Å². The van der Waals surface area contributed by atoms with Crippen molar-refractivity contribution in [2.24, 2.45) is 5.92 Å². The average molecular weight is 360 g/mol. The van der Waals surface area contributed by atoms with E-state index in [1.807, 2.05) is 0 Å². The van der Waals surface area contributed by atoms with Crippen molar-refractivity contribution in [2.75, 3.05) is 20.3 Å². The van der Waals surface area contributed by atoms with Gasteiger partial charge in [0, 0.05) is 6.54 Å². The maximum Gasteiger partial charge on any atom is 0.406 e. The van der Waals surface area contributed by atoms with Crippen molar-refractivity contribution < 1.29 is 18.7 Å². The van der Waals surface area contributed by atoms with E-state index in [1.54, 1.807) is 12.1 Å². The molecule has 1 aromatic rings. The zero-order valence-electron chi connectivity index (χ0n) is 14.6. The van der Waals surface area contributed by atoms with Crippen LogP contribution < -0.4 is 5.32 Å². The van der Waals surface area contributed by atoms with E-state index in [9.17, 15) is 9.18 Å². The lowest BCUT2D eigenvalue weighted by atomic mass is 9.89. The van der Waals surface area contributed by atoms with Gasteiger partial charge in [0.2, 0.25) is 0 Å². The number of hydrogen-bond donors (Lipinski definition) is 1. The molecule has 1 rings (SSSR count). The highest BCUT2D eigenvalue weighted by Gasteiger charge is 2.23. The molecule has 0 aliphatic carbocycles. The molecule has 1 N–H and O–H groups in total. The van der Waals surface area contributed by atoms with Crippen molar-refractivity contribution in [1.82, 2.24) is 5.32 Å². The van der Waals surface area contributed by atoms with Gasteiger partial charge in [-0.15, -0.1) is 0 Å². The summed E-state index contributed by atoms with van der Waals surface area (Å²) in [7, 11) is 1.32. The molecule has 4 nitrogen and oxygen atoms in total. The smallest absolute Gasteiger partial charge is 0.406 e. The Balaban J connectivity index is 2.81. The minimum atomic E-state index is -0.488. The molecule has 24 heavy (non-hydrogen) atoms. The summed E-state index contributed by atoms with van der Waals surface area (Å²) in [6.07, 6.45) is 3.52. The molecule has 0 saturated heterocycles. The lowest BCUT2D eigenvalue weighted by Crippen LogP contribution is -2.28. The van der Waals surface area contributed by atoms with Gasteiger partial charge < -0.3 is 14.8 Å². The molecule has 0 aliphatic heterocycles. The molecular weight excluding hydrogens is 333 g/mol. The quantitative estimate of drug-likeness (QED) is 0.590. The Morgan fingerprint density at radius 3 is 2.71 bits per heavy atom. The number of unbranched alkanes of at least 4 members (excludes halogenated alkanes) is 1. The van der Waals surface area contributed by atoms with E-state index in [1.165, 1.54) is 13.2 Å². The fraction of sp³-hybridized carbons (Fsp3) is 0.611. The number of amides is 1. The van der Waals surface area contributed by atoms with Crippen LogP contribution in [0.4, 0.5) is 9.18 Å². The van der Waals surface area contributed by atoms with Gasteiger partial charge in [0.1, 0.15) is 5.82 Å². The van der Waals surface area contributed by atoms with Gasteiger partial charge in [-0.2, -0.15) is 0 Å². The lowest BCUT2D eigenvalue weighted by molar-refractivity contribution is 0.00740. The van der Waals surface area contributed by atoms with Crippen LogP contribution in [0.3, 0.4) is 0 Å². The molecular formula is C18H27ClFNO3. The third-order valence-corrected chi connectivity index (χ3v) is 4.30. The number of ether oxygens (including phenoxy) is 2. The molecule has 0 spiro atoms. The minimum Gasteiger partial charge on any atom is -0.453 e. The van der Waals surface area contributed by atoms with Crippen molar-refractivity contribution in [3.63, 3.8) is 0 Å². The highest BCUT2D eigenvalue weighted by molar-refractivity contribution is 6.30. The lowest BCUT2D eigenvalue weighted by Gasteiger charge is -2.27. The molecule has 0 unspecified atom stereocenters. The topological polar surface area (TPSA) is 47.6 Å². The number of rotatable bonds is 10. The van der Waals surface area contributed by atoms with E-state index < -0.39 is 11.9 Å². The van der Waals surface area contributed by atoms with Crippen LogP contribution in [0.5, 0.6) is 0 Å². The Morgan fingerprint density at radius 2 is 2.12 bits per heavy atom. The van der Waals surface area contributed by atoms with Crippen LogP contribution >= 0.6 is 11.6 Å². The summed E-state index contributed by atoms with van der Waals surface area (Å²) in [6.45, 7) is 4.96. The van der Waals surface area contributed by atoms with Gasteiger partial charge in [0.15, 0.2) is 0 Å². The first-order valence-corrected chi connectivity index (χ1v) is 8.79. The molecule has 0 saturated carbocycles. The minimum absolute atomic E-state index is 0.0964. The van der Waals surface area contributed by atoms with Gasteiger partial charge in [-0.1, -0.05) is 50.8 Å². The second-order valence-corrected chi connectivity index (χ2v) is 6.10. The summed E-state index contributed by atoms with van der Waals surface area (Å²) in [4.78, 5) is 11.1. The van der Waals surface area contributed by atoms with Gasteiger partial charge in [-0.3, -0.25) is 0 Å². The van der Waals surface area contributed by atoms with E-state index in [-0.39, 0.29) is 11.1 Å². The fourth-order valence-electron chi connectivity index (χ4n) is 2.64. The molecule has 1 aromatic carbocycles. The van der Waals surface area contributed by atoms with Gasteiger partial charge in [0.25, 0.3) is 0 Å². The normalized spacial score (nSPS) is 13.4. The van der Waals surface area contributed by atoms with Crippen molar-refractivity contribution in [2.45, 2.75) is 45.6 Å². The van der Waals surface area contributed by atoms with E-state index in [2.05, 4.69) is 23.9 Å². The Bertz CT molecular complexity index is 513. The first-order valence-electron chi connectivity index (χ1n) is 8.41. The molecule has 0 radical (unpaired) electrons. The maximum atomic E-state index is 13.4. The largest absolute Gasteiger partial charge is 0.453 e.